The zero-order valence-electron chi connectivity index (χ0n) is 12.1. The van der Waals surface area contributed by atoms with Gasteiger partial charge < -0.3 is 10.4 Å². The van der Waals surface area contributed by atoms with Crippen LogP contribution in [0, 0.1) is 5.92 Å². The molecule has 1 saturated carbocycles. The van der Waals surface area contributed by atoms with Crippen molar-refractivity contribution in [2.45, 2.75) is 37.6 Å². The lowest BCUT2D eigenvalue weighted by Gasteiger charge is -2.13. The van der Waals surface area contributed by atoms with Gasteiger partial charge in [-0.1, -0.05) is 13.8 Å². The smallest absolute Gasteiger partial charge is 0.337 e. The molecule has 0 spiro atoms. The predicted molar refractivity (Wildman–Crippen MR) is 80.1 cm³/mol. The number of aromatic carboxylic acids is 1. The molecule has 1 aromatic rings. The predicted octanol–water partition coefficient (Wildman–Crippen LogP) is 1.89. The molecule has 21 heavy (non-hydrogen) atoms. The fourth-order valence-electron chi connectivity index (χ4n) is 1.82. The van der Waals surface area contributed by atoms with Gasteiger partial charge in [0.15, 0.2) is 0 Å². The van der Waals surface area contributed by atoms with E-state index in [1.807, 2.05) is 13.8 Å². The Hall–Kier alpha value is -1.60. The molecule has 0 radical (unpaired) electrons. The molecule has 1 aliphatic carbocycles. The first kappa shape index (κ1) is 15.8. The topological polar surface area (TPSA) is 95.5 Å². The molecule has 0 bridgehead atoms. The van der Waals surface area contributed by atoms with Crippen LogP contribution < -0.4 is 10.0 Å². The standard InChI is InChI=1S/C14H20N2O4S/c1-9(2)8-15-13-6-5-11(7-12(13)14(17)18)21(19,20)16-10-3-4-10/h5-7,9-10,15-16H,3-4,8H2,1-2H3,(H,17,18). The van der Waals surface area contributed by atoms with Gasteiger partial charge in [-0.25, -0.2) is 17.9 Å². The molecule has 0 atom stereocenters. The third-order valence-electron chi connectivity index (χ3n) is 3.13. The number of carboxylic acids is 1. The van der Waals surface area contributed by atoms with Gasteiger partial charge in [-0.2, -0.15) is 0 Å². The molecule has 0 aliphatic heterocycles. The van der Waals surface area contributed by atoms with Crippen molar-refractivity contribution in [2.75, 3.05) is 11.9 Å². The first-order valence-electron chi connectivity index (χ1n) is 6.93. The third-order valence-corrected chi connectivity index (χ3v) is 4.65. The fraction of sp³-hybridized carbons (Fsp3) is 0.500. The van der Waals surface area contributed by atoms with Crippen LogP contribution in [0.1, 0.15) is 37.0 Å². The highest BCUT2D eigenvalue weighted by atomic mass is 32.2. The lowest BCUT2D eigenvalue weighted by Crippen LogP contribution is -2.26. The second-order valence-electron chi connectivity index (χ2n) is 5.68. The molecule has 2 rings (SSSR count). The SMILES string of the molecule is CC(C)CNc1ccc(S(=O)(=O)NC2CC2)cc1C(=O)O. The molecule has 7 heteroatoms. The van der Waals surface area contributed by atoms with Crippen molar-refractivity contribution in [1.29, 1.82) is 0 Å². The number of rotatable bonds is 7. The van der Waals surface area contributed by atoms with E-state index in [1.165, 1.54) is 18.2 Å². The summed E-state index contributed by atoms with van der Waals surface area (Å²) in [6, 6.07) is 4.13. The van der Waals surface area contributed by atoms with Crippen LogP contribution in [0.4, 0.5) is 5.69 Å². The number of anilines is 1. The van der Waals surface area contributed by atoms with Crippen molar-refractivity contribution in [2.24, 2.45) is 5.92 Å². The van der Waals surface area contributed by atoms with Gasteiger partial charge in [0.1, 0.15) is 0 Å². The Kier molecular flexibility index (Phi) is 4.53. The number of hydrogen-bond acceptors (Lipinski definition) is 4. The summed E-state index contributed by atoms with van der Waals surface area (Å²) in [6.07, 6.45) is 1.66. The van der Waals surface area contributed by atoms with E-state index in [1.54, 1.807) is 0 Å². The van der Waals surface area contributed by atoms with Crippen molar-refractivity contribution in [3.05, 3.63) is 23.8 Å². The highest BCUT2D eigenvalue weighted by Crippen LogP contribution is 2.25. The first-order chi connectivity index (χ1) is 9.79. The Balaban J connectivity index is 2.28. The summed E-state index contributed by atoms with van der Waals surface area (Å²) in [7, 11) is -3.64. The van der Waals surface area contributed by atoms with Gasteiger partial charge in [-0.05, 0) is 37.0 Å². The lowest BCUT2D eigenvalue weighted by atomic mass is 10.1. The summed E-state index contributed by atoms with van der Waals surface area (Å²) >= 11 is 0. The average molecular weight is 312 g/mol. The number of nitrogens with one attached hydrogen (secondary N) is 2. The molecule has 0 aromatic heterocycles. The van der Waals surface area contributed by atoms with Crippen molar-refractivity contribution in [3.8, 4) is 0 Å². The van der Waals surface area contributed by atoms with Gasteiger partial charge in [-0.3, -0.25) is 0 Å². The Morgan fingerprint density at radius 3 is 2.57 bits per heavy atom. The van der Waals surface area contributed by atoms with E-state index >= 15 is 0 Å². The largest absolute Gasteiger partial charge is 0.478 e. The Morgan fingerprint density at radius 2 is 2.05 bits per heavy atom. The molecule has 6 nitrogen and oxygen atoms in total. The summed E-state index contributed by atoms with van der Waals surface area (Å²) < 4.78 is 26.8. The maximum atomic E-state index is 12.1. The van der Waals surface area contributed by atoms with E-state index in [0.29, 0.717) is 18.2 Å². The van der Waals surface area contributed by atoms with E-state index in [0.717, 1.165) is 12.8 Å². The molecule has 1 fully saturated rings. The van der Waals surface area contributed by atoms with Crippen molar-refractivity contribution >= 4 is 21.7 Å². The molecule has 3 N–H and O–H groups in total. The van der Waals surface area contributed by atoms with E-state index in [2.05, 4.69) is 10.0 Å². The van der Waals surface area contributed by atoms with Crippen LogP contribution in [-0.2, 0) is 10.0 Å². The van der Waals surface area contributed by atoms with Crippen LogP contribution in [0.3, 0.4) is 0 Å². The lowest BCUT2D eigenvalue weighted by molar-refractivity contribution is 0.0697. The van der Waals surface area contributed by atoms with Crippen molar-refractivity contribution in [1.82, 2.24) is 4.72 Å². The minimum absolute atomic E-state index is 0.0120. The molecule has 0 heterocycles. The summed E-state index contributed by atoms with van der Waals surface area (Å²) in [5.41, 5.74) is 0.399. The number of sulfonamides is 1. The fourth-order valence-corrected chi connectivity index (χ4v) is 3.16. The zero-order valence-corrected chi connectivity index (χ0v) is 12.9. The molecule has 0 saturated heterocycles. The maximum absolute atomic E-state index is 12.1. The minimum atomic E-state index is -3.64. The maximum Gasteiger partial charge on any atom is 0.337 e. The summed E-state index contributed by atoms with van der Waals surface area (Å²) in [4.78, 5) is 11.3. The molecule has 0 unspecified atom stereocenters. The molecular formula is C14H20N2O4S. The van der Waals surface area contributed by atoms with Crippen LogP contribution in [0.15, 0.2) is 23.1 Å². The van der Waals surface area contributed by atoms with Crippen molar-refractivity contribution in [3.63, 3.8) is 0 Å². The number of carboxylic acid groups (broad SMARTS) is 1. The summed E-state index contributed by atoms with van der Waals surface area (Å²) in [5.74, 6) is -0.795. The quantitative estimate of drug-likeness (QED) is 0.714. The third kappa shape index (κ3) is 4.18. The van der Waals surface area contributed by atoms with Crippen LogP contribution in [0.2, 0.25) is 0 Å². The van der Waals surface area contributed by atoms with Crippen LogP contribution in [-0.4, -0.2) is 32.1 Å². The number of hydrogen-bond donors (Lipinski definition) is 3. The van der Waals surface area contributed by atoms with E-state index < -0.39 is 16.0 Å². The Bertz CT molecular complexity index is 636. The molecule has 116 valence electrons. The minimum Gasteiger partial charge on any atom is -0.478 e. The second kappa shape index (κ2) is 6.03. The second-order valence-corrected chi connectivity index (χ2v) is 7.40. The number of carbonyl (C=O) groups is 1. The van der Waals surface area contributed by atoms with Gasteiger partial charge in [0.05, 0.1) is 10.5 Å². The monoisotopic (exact) mass is 312 g/mol. The Morgan fingerprint density at radius 1 is 1.38 bits per heavy atom. The van der Waals surface area contributed by atoms with E-state index in [4.69, 9.17) is 0 Å². The highest BCUT2D eigenvalue weighted by Gasteiger charge is 2.28. The van der Waals surface area contributed by atoms with E-state index in [-0.39, 0.29) is 16.5 Å². The van der Waals surface area contributed by atoms with Crippen LogP contribution in [0.5, 0.6) is 0 Å². The van der Waals surface area contributed by atoms with Gasteiger partial charge >= 0.3 is 5.97 Å². The normalized spacial score (nSPS) is 15.2. The molecule has 0 amide bonds. The van der Waals surface area contributed by atoms with E-state index in [9.17, 15) is 18.3 Å². The van der Waals surface area contributed by atoms with Gasteiger partial charge in [0.25, 0.3) is 0 Å². The molecule has 1 aromatic carbocycles. The van der Waals surface area contributed by atoms with Gasteiger partial charge in [0, 0.05) is 18.3 Å². The van der Waals surface area contributed by atoms with Gasteiger partial charge in [-0.15, -0.1) is 0 Å². The zero-order chi connectivity index (χ0) is 15.6. The highest BCUT2D eigenvalue weighted by molar-refractivity contribution is 7.89. The molecule has 1 aliphatic rings. The molecular weight excluding hydrogens is 292 g/mol. The van der Waals surface area contributed by atoms with Gasteiger partial charge in [0.2, 0.25) is 10.0 Å². The van der Waals surface area contributed by atoms with Crippen molar-refractivity contribution < 1.29 is 18.3 Å². The van der Waals surface area contributed by atoms with Crippen LogP contribution in [0.25, 0.3) is 0 Å². The number of benzene rings is 1. The average Bonchev–Trinajstić information content (AvgIpc) is 3.19. The Labute approximate surface area is 124 Å². The van der Waals surface area contributed by atoms with Crippen LogP contribution >= 0.6 is 0 Å². The first-order valence-corrected chi connectivity index (χ1v) is 8.41. The summed E-state index contributed by atoms with van der Waals surface area (Å²) in [5, 5.41) is 12.3. The summed E-state index contributed by atoms with van der Waals surface area (Å²) in [6.45, 7) is 4.63.